The van der Waals surface area contributed by atoms with Gasteiger partial charge in [0.25, 0.3) is 5.09 Å². The van der Waals surface area contributed by atoms with E-state index >= 15 is 0 Å². The summed E-state index contributed by atoms with van der Waals surface area (Å²) in [6, 6.07) is 0. The van der Waals surface area contributed by atoms with Gasteiger partial charge in [-0.25, -0.2) is 0 Å². The minimum absolute atomic E-state index is 0.151. The second-order valence-corrected chi connectivity index (χ2v) is 3.13. The molecule has 0 aromatic heterocycles. The van der Waals surface area contributed by atoms with Crippen LogP contribution in [0.1, 0.15) is 13.8 Å². The number of carbonyl (C=O) groups is 1. The van der Waals surface area contributed by atoms with E-state index in [1.807, 2.05) is 0 Å². The van der Waals surface area contributed by atoms with Gasteiger partial charge in [0.2, 0.25) is 5.91 Å². The molecule has 0 atom stereocenters. The lowest BCUT2D eigenvalue weighted by molar-refractivity contribution is -0.759. The van der Waals surface area contributed by atoms with E-state index in [1.165, 1.54) is 0 Å². The first-order valence-corrected chi connectivity index (χ1v) is 3.66. The van der Waals surface area contributed by atoms with E-state index < -0.39 is 10.6 Å². The third-order valence-corrected chi connectivity index (χ3v) is 1.19. The first-order valence-electron chi connectivity index (χ1n) is 3.66. The standard InChI is InChI=1S/C6H13N3O4/c1-6(2,4-13-9(11)12)8-5(10)3-7/h3-4,7H2,1-2H3,(H,8,10). The van der Waals surface area contributed by atoms with Crippen LogP contribution < -0.4 is 11.1 Å². The van der Waals surface area contributed by atoms with Gasteiger partial charge in [-0.2, -0.15) is 0 Å². The summed E-state index contributed by atoms with van der Waals surface area (Å²) in [5.41, 5.74) is 4.26. The molecule has 0 heterocycles. The van der Waals surface area contributed by atoms with Crippen LogP contribution >= 0.6 is 0 Å². The van der Waals surface area contributed by atoms with Crippen LogP contribution in [-0.4, -0.2) is 29.7 Å². The zero-order valence-corrected chi connectivity index (χ0v) is 7.57. The van der Waals surface area contributed by atoms with Gasteiger partial charge in [-0.3, -0.25) is 4.79 Å². The van der Waals surface area contributed by atoms with Gasteiger partial charge in [-0.1, -0.05) is 0 Å². The maximum Gasteiger partial charge on any atom is 0.294 e. The third kappa shape index (κ3) is 5.85. The van der Waals surface area contributed by atoms with E-state index in [0.29, 0.717) is 0 Å². The average Bonchev–Trinajstić information content (AvgIpc) is 2.00. The van der Waals surface area contributed by atoms with Crippen LogP contribution in [0.5, 0.6) is 0 Å². The van der Waals surface area contributed by atoms with Gasteiger partial charge >= 0.3 is 0 Å². The summed E-state index contributed by atoms with van der Waals surface area (Å²) in [5, 5.41) is 11.4. The summed E-state index contributed by atoms with van der Waals surface area (Å²) in [6.07, 6.45) is 0. The number of hydrogen-bond acceptors (Lipinski definition) is 5. The number of nitrogens with two attached hydrogens (primary N) is 1. The summed E-state index contributed by atoms with van der Waals surface area (Å²) in [6.45, 7) is 2.85. The molecule has 0 rings (SSSR count). The van der Waals surface area contributed by atoms with Crippen molar-refractivity contribution in [2.75, 3.05) is 13.2 Å². The first kappa shape index (κ1) is 11.6. The van der Waals surface area contributed by atoms with Crippen molar-refractivity contribution in [2.45, 2.75) is 19.4 Å². The van der Waals surface area contributed by atoms with Crippen molar-refractivity contribution in [1.82, 2.24) is 5.32 Å². The van der Waals surface area contributed by atoms with Gasteiger partial charge in [0.15, 0.2) is 0 Å². The number of carbonyl (C=O) groups excluding carboxylic acids is 1. The molecule has 76 valence electrons. The van der Waals surface area contributed by atoms with Crippen LogP contribution in [-0.2, 0) is 9.63 Å². The molecule has 7 nitrogen and oxygen atoms in total. The van der Waals surface area contributed by atoms with E-state index in [1.54, 1.807) is 13.8 Å². The molecule has 0 spiro atoms. The Balaban J connectivity index is 3.92. The summed E-state index contributed by atoms with van der Waals surface area (Å²) in [7, 11) is 0. The quantitative estimate of drug-likeness (QED) is 0.430. The van der Waals surface area contributed by atoms with Crippen LogP contribution in [0.25, 0.3) is 0 Å². The van der Waals surface area contributed by atoms with Gasteiger partial charge in [0, 0.05) is 0 Å². The molecule has 7 heteroatoms. The minimum atomic E-state index is -0.906. The highest BCUT2D eigenvalue weighted by Crippen LogP contribution is 2.01. The summed E-state index contributed by atoms with van der Waals surface area (Å²) in [5.74, 6) is -0.378. The summed E-state index contributed by atoms with van der Waals surface area (Å²) in [4.78, 5) is 24.8. The molecule has 0 aromatic rings. The Hall–Kier alpha value is -1.37. The molecule has 0 fully saturated rings. The van der Waals surface area contributed by atoms with Crippen molar-refractivity contribution in [2.24, 2.45) is 5.73 Å². The Morgan fingerprint density at radius 3 is 2.62 bits per heavy atom. The van der Waals surface area contributed by atoms with E-state index in [9.17, 15) is 14.9 Å². The lowest BCUT2D eigenvalue weighted by Crippen LogP contribution is -2.49. The number of nitrogens with one attached hydrogen (secondary N) is 1. The molecule has 0 unspecified atom stereocenters. The molecular weight excluding hydrogens is 178 g/mol. The molecule has 0 aliphatic heterocycles. The maximum absolute atomic E-state index is 10.8. The lowest BCUT2D eigenvalue weighted by Gasteiger charge is -2.24. The monoisotopic (exact) mass is 191 g/mol. The van der Waals surface area contributed by atoms with Gasteiger partial charge in [-0.05, 0) is 13.8 Å². The highest BCUT2D eigenvalue weighted by atomic mass is 16.9. The molecule has 0 aliphatic rings. The van der Waals surface area contributed by atoms with Gasteiger partial charge in [0.1, 0.15) is 6.61 Å². The highest BCUT2D eigenvalue weighted by molar-refractivity contribution is 5.78. The average molecular weight is 191 g/mol. The Morgan fingerprint density at radius 2 is 2.23 bits per heavy atom. The van der Waals surface area contributed by atoms with Crippen molar-refractivity contribution in [1.29, 1.82) is 0 Å². The Morgan fingerprint density at radius 1 is 1.69 bits per heavy atom. The number of nitrogens with zero attached hydrogens (tertiary/aromatic N) is 1. The Kier molecular flexibility index (Phi) is 4.12. The van der Waals surface area contributed by atoms with Crippen molar-refractivity contribution < 1.29 is 14.7 Å². The molecule has 0 bridgehead atoms. The van der Waals surface area contributed by atoms with E-state index in [0.717, 1.165) is 0 Å². The van der Waals surface area contributed by atoms with Gasteiger partial charge < -0.3 is 15.9 Å². The second kappa shape index (κ2) is 4.61. The molecule has 0 radical (unpaired) electrons. The van der Waals surface area contributed by atoms with Gasteiger partial charge in [0.05, 0.1) is 12.1 Å². The molecule has 1 amide bonds. The van der Waals surface area contributed by atoms with E-state index in [2.05, 4.69) is 10.2 Å². The van der Waals surface area contributed by atoms with Crippen molar-refractivity contribution in [3.63, 3.8) is 0 Å². The minimum Gasteiger partial charge on any atom is -0.348 e. The van der Waals surface area contributed by atoms with Crippen molar-refractivity contribution in [3.05, 3.63) is 10.1 Å². The van der Waals surface area contributed by atoms with Crippen molar-refractivity contribution in [3.8, 4) is 0 Å². The maximum atomic E-state index is 10.8. The SMILES string of the molecule is CC(C)(CO[N+](=O)[O-])NC(=O)CN. The van der Waals surface area contributed by atoms with Crippen molar-refractivity contribution >= 4 is 5.91 Å². The largest absolute Gasteiger partial charge is 0.348 e. The molecule has 0 saturated carbocycles. The first-order chi connectivity index (χ1) is 5.87. The summed E-state index contributed by atoms with van der Waals surface area (Å²) < 4.78 is 0. The van der Waals surface area contributed by atoms with Crippen LogP contribution in [0.4, 0.5) is 0 Å². The Bertz CT molecular complexity index is 204. The smallest absolute Gasteiger partial charge is 0.294 e. The summed E-state index contributed by atoms with van der Waals surface area (Å²) >= 11 is 0. The van der Waals surface area contributed by atoms with Crippen LogP contribution in [0.3, 0.4) is 0 Å². The van der Waals surface area contributed by atoms with E-state index in [-0.39, 0.29) is 19.1 Å². The molecule has 0 aliphatic carbocycles. The number of rotatable bonds is 5. The topological polar surface area (TPSA) is 107 Å². The van der Waals surface area contributed by atoms with Gasteiger partial charge in [-0.15, -0.1) is 10.1 Å². The number of hydrogen-bond donors (Lipinski definition) is 2. The van der Waals surface area contributed by atoms with Crippen LogP contribution in [0.2, 0.25) is 0 Å². The lowest BCUT2D eigenvalue weighted by atomic mass is 10.1. The van der Waals surface area contributed by atoms with Crippen LogP contribution in [0, 0.1) is 10.1 Å². The molecule has 3 N–H and O–H groups in total. The number of amides is 1. The predicted octanol–water partition coefficient (Wildman–Crippen LogP) is -0.952. The third-order valence-electron chi connectivity index (χ3n) is 1.19. The zero-order chi connectivity index (χ0) is 10.5. The second-order valence-electron chi connectivity index (χ2n) is 3.13. The fourth-order valence-corrected chi connectivity index (χ4v) is 0.679. The predicted molar refractivity (Wildman–Crippen MR) is 44.2 cm³/mol. The van der Waals surface area contributed by atoms with E-state index in [4.69, 9.17) is 5.73 Å². The molecule has 0 saturated heterocycles. The fourth-order valence-electron chi connectivity index (χ4n) is 0.679. The molecule has 13 heavy (non-hydrogen) atoms. The zero-order valence-electron chi connectivity index (χ0n) is 7.57. The molecular formula is C6H13N3O4. The fraction of sp³-hybridized carbons (Fsp3) is 0.833. The van der Waals surface area contributed by atoms with Crippen LogP contribution in [0.15, 0.2) is 0 Å². The highest BCUT2D eigenvalue weighted by Gasteiger charge is 2.21. The Labute approximate surface area is 75.3 Å². The molecule has 0 aromatic carbocycles. The normalized spacial score (nSPS) is 10.7.